The summed E-state index contributed by atoms with van der Waals surface area (Å²) in [5.41, 5.74) is 2.89. The van der Waals surface area contributed by atoms with E-state index in [4.69, 9.17) is 14.7 Å². The predicted octanol–water partition coefficient (Wildman–Crippen LogP) is 4.96. The average Bonchev–Trinajstić information content (AvgIpc) is 3.28. The number of anilines is 1. The van der Waals surface area contributed by atoms with E-state index >= 15 is 0 Å². The van der Waals surface area contributed by atoms with Gasteiger partial charge in [-0.3, -0.25) is 0 Å². The molecule has 3 aliphatic heterocycles. The molecular formula is C31H35N5O2. The van der Waals surface area contributed by atoms with E-state index in [2.05, 4.69) is 46.4 Å². The quantitative estimate of drug-likeness (QED) is 0.394. The van der Waals surface area contributed by atoms with E-state index in [0.717, 1.165) is 64.7 Å². The third-order valence-corrected chi connectivity index (χ3v) is 8.66. The number of piperazine rings is 1. The molecule has 3 fully saturated rings. The summed E-state index contributed by atoms with van der Waals surface area (Å²) in [6.45, 7) is 3.62. The van der Waals surface area contributed by atoms with E-state index in [1.807, 2.05) is 30.3 Å². The normalized spacial score (nSPS) is 23.8. The number of aromatic hydroxyl groups is 1. The topological polar surface area (TPSA) is 73.8 Å². The van der Waals surface area contributed by atoms with Crippen LogP contribution in [0.25, 0.3) is 32.8 Å². The van der Waals surface area contributed by atoms with Gasteiger partial charge >= 0.3 is 6.01 Å². The Hall–Kier alpha value is -3.42. The first-order valence-electron chi connectivity index (χ1n) is 14.0. The maximum atomic E-state index is 10.5. The monoisotopic (exact) mass is 509 g/mol. The summed E-state index contributed by atoms with van der Waals surface area (Å²) < 4.78 is 6.31. The Morgan fingerprint density at radius 3 is 2.63 bits per heavy atom. The second-order valence-electron chi connectivity index (χ2n) is 11.3. The third kappa shape index (κ3) is 4.44. The van der Waals surface area contributed by atoms with E-state index in [0.29, 0.717) is 30.7 Å². The van der Waals surface area contributed by atoms with E-state index in [1.165, 1.54) is 25.7 Å². The first-order chi connectivity index (χ1) is 18.6. The highest BCUT2D eigenvalue weighted by Crippen LogP contribution is 2.37. The highest BCUT2D eigenvalue weighted by molar-refractivity contribution is 6.00. The van der Waals surface area contributed by atoms with Crippen LogP contribution < -0.4 is 15.0 Å². The highest BCUT2D eigenvalue weighted by Gasteiger charge is 2.33. The van der Waals surface area contributed by atoms with Crippen molar-refractivity contribution in [1.29, 1.82) is 0 Å². The number of rotatable bonds is 5. The largest absolute Gasteiger partial charge is 0.508 e. The standard InChI is InChI=1S/C31H35N5O2/c1-35-13-5-4-7-24(35)19-38-31-33-29-15-21(28-16-25(37)14-20-6-2-3-8-26(20)28)9-12-27(29)30(34-31)36-17-22-10-11-23(18-36)32-22/h2-3,6,8-9,12,14-16,22-24,32,37H,4-5,7,10-11,13,17-19H2,1H3/t22?,23?,24-/m0/s1. The van der Waals surface area contributed by atoms with Crippen molar-refractivity contribution in [3.05, 3.63) is 54.6 Å². The molecule has 3 aliphatic rings. The van der Waals surface area contributed by atoms with Crippen molar-refractivity contribution >= 4 is 27.5 Å². The predicted molar refractivity (Wildman–Crippen MR) is 152 cm³/mol. The van der Waals surface area contributed by atoms with Crippen LogP contribution in [-0.4, -0.2) is 71.4 Å². The molecule has 7 heteroatoms. The van der Waals surface area contributed by atoms with Gasteiger partial charge in [0.05, 0.1) is 5.52 Å². The summed E-state index contributed by atoms with van der Waals surface area (Å²) in [4.78, 5) is 14.7. The molecule has 0 saturated carbocycles. The van der Waals surface area contributed by atoms with Crippen LogP contribution >= 0.6 is 0 Å². The van der Waals surface area contributed by atoms with Crippen molar-refractivity contribution in [2.75, 3.05) is 38.2 Å². The fourth-order valence-electron chi connectivity index (χ4n) is 6.59. The lowest BCUT2D eigenvalue weighted by Crippen LogP contribution is -2.51. The Kier molecular flexibility index (Phi) is 6.05. The van der Waals surface area contributed by atoms with Gasteiger partial charge in [-0.05, 0) is 85.4 Å². The number of phenolic OH excluding ortho intramolecular Hbond substituents is 1. The number of nitrogens with zero attached hydrogens (tertiary/aromatic N) is 4. The number of hydrogen-bond acceptors (Lipinski definition) is 7. The lowest BCUT2D eigenvalue weighted by Gasteiger charge is -2.34. The minimum Gasteiger partial charge on any atom is -0.508 e. The summed E-state index contributed by atoms with van der Waals surface area (Å²) in [5, 5.41) is 17.4. The van der Waals surface area contributed by atoms with Gasteiger partial charge in [0.1, 0.15) is 18.2 Å². The number of likely N-dealkylation sites (N-methyl/N-ethyl adjacent to an activating group) is 1. The minimum atomic E-state index is 0.263. The number of ether oxygens (including phenoxy) is 1. The molecule has 3 saturated heterocycles. The summed E-state index contributed by atoms with van der Waals surface area (Å²) in [5.74, 6) is 1.23. The van der Waals surface area contributed by atoms with Gasteiger partial charge in [-0.2, -0.15) is 9.97 Å². The molecule has 3 aromatic carbocycles. The Morgan fingerprint density at radius 1 is 0.947 bits per heavy atom. The van der Waals surface area contributed by atoms with E-state index in [9.17, 15) is 5.11 Å². The zero-order valence-electron chi connectivity index (χ0n) is 21.9. The molecule has 0 amide bonds. The van der Waals surface area contributed by atoms with Gasteiger partial charge in [0.15, 0.2) is 0 Å². The van der Waals surface area contributed by atoms with Gasteiger partial charge in [0.25, 0.3) is 0 Å². The lowest BCUT2D eigenvalue weighted by atomic mass is 9.97. The van der Waals surface area contributed by atoms with Crippen molar-refractivity contribution < 1.29 is 9.84 Å². The van der Waals surface area contributed by atoms with Crippen molar-refractivity contribution in [3.8, 4) is 22.9 Å². The van der Waals surface area contributed by atoms with E-state index < -0.39 is 0 Å². The fourth-order valence-corrected chi connectivity index (χ4v) is 6.59. The maximum absolute atomic E-state index is 10.5. The second kappa shape index (κ2) is 9.71. The SMILES string of the molecule is CN1CCCC[C@H]1COc1nc(N2CC3CCC(C2)N3)c2ccc(-c3cc(O)cc4ccccc34)cc2n1. The molecule has 4 heterocycles. The van der Waals surface area contributed by atoms with E-state index in [1.54, 1.807) is 0 Å². The number of benzene rings is 3. The van der Waals surface area contributed by atoms with Crippen molar-refractivity contribution in [2.24, 2.45) is 0 Å². The summed E-state index contributed by atoms with van der Waals surface area (Å²) in [7, 11) is 2.18. The molecule has 7 rings (SSSR count). The molecule has 1 aromatic heterocycles. The van der Waals surface area contributed by atoms with Gasteiger partial charge < -0.3 is 25.0 Å². The van der Waals surface area contributed by atoms with Gasteiger partial charge in [0, 0.05) is 36.6 Å². The van der Waals surface area contributed by atoms with Crippen LogP contribution in [0.15, 0.2) is 54.6 Å². The van der Waals surface area contributed by atoms with Gasteiger partial charge in [-0.25, -0.2) is 0 Å². The van der Waals surface area contributed by atoms with Gasteiger partial charge in [-0.1, -0.05) is 36.8 Å². The zero-order chi connectivity index (χ0) is 25.6. The van der Waals surface area contributed by atoms with Crippen molar-refractivity contribution in [2.45, 2.75) is 50.2 Å². The first-order valence-corrected chi connectivity index (χ1v) is 14.0. The Bertz CT molecular complexity index is 1480. The molecule has 3 atom stereocenters. The number of phenols is 1. The number of nitrogens with one attached hydrogen (secondary N) is 1. The molecule has 2 N–H and O–H groups in total. The smallest absolute Gasteiger partial charge is 0.319 e. The first kappa shape index (κ1) is 23.7. The van der Waals surface area contributed by atoms with Crippen LogP contribution in [0.1, 0.15) is 32.1 Å². The van der Waals surface area contributed by atoms with Crippen LogP contribution in [-0.2, 0) is 0 Å². The summed E-state index contributed by atoms with van der Waals surface area (Å²) >= 11 is 0. The number of hydrogen-bond donors (Lipinski definition) is 2. The average molecular weight is 510 g/mol. The van der Waals surface area contributed by atoms with Crippen LogP contribution in [0.2, 0.25) is 0 Å². The number of likely N-dealkylation sites (tertiary alicyclic amines) is 1. The highest BCUT2D eigenvalue weighted by atomic mass is 16.5. The summed E-state index contributed by atoms with van der Waals surface area (Å²) in [6, 6.07) is 20.1. The Morgan fingerprint density at radius 2 is 1.79 bits per heavy atom. The Labute approximate surface area is 223 Å². The molecule has 4 aromatic rings. The second-order valence-corrected chi connectivity index (χ2v) is 11.3. The molecule has 2 unspecified atom stereocenters. The fraction of sp³-hybridized carbons (Fsp3) is 0.419. The maximum Gasteiger partial charge on any atom is 0.319 e. The van der Waals surface area contributed by atoms with Gasteiger partial charge in [-0.15, -0.1) is 0 Å². The van der Waals surface area contributed by atoms with Crippen molar-refractivity contribution in [3.63, 3.8) is 0 Å². The molecule has 196 valence electrons. The minimum absolute atomic E-state index is 0.263. The van der Waals surface area contributed by atoms with E-state index in [-0.39, 0.29) is 5.75 Å². The lowest BCUT2D eigenvalue weighted by molar-refractivity contribution is 0.120. The molecule has 0 radical (unpaired) electrons. The zero-order valence-corrected chi connectivity index (χ0v) is 21.9. The Balaban J connectivity index is 1.30. The summed E-state index contributed by atoms with van der Waals surface area (Å²) in [6.07, 6.45) is 6.08. The third-order valence-electron chi connectivity index (χ3n) is 8.66. The molecule has 0 aliphatic carbocycles. The van der Waals surface area contributed by atoms with Crippen LogP contribution in [0.4, 0.5) is 5.82 Å². The molecular weight excluding hydrogens is 474 g/mol. The molecule has 38 heavy (non-hydrogen) atoms. The number of fused-ring (bicyclic) bond motifs is 4. The van der Waals surface area contributed by atoms with Gasteiger partial charge in [0.2, 0.25) is 0 Å². The van der Waals surface area contributed by atoms with Crippen LogP contribution in [0.3, 0.4) is 0 Å². The molecule has 7 nitrogen and oxygen atoms in total. The van der Waals surface area contributed by atoms with Crippen molar-refractivity contribution in [1.82, 2.24) is 20.2 Å². The van der Waals surface area contributed by atoms with Crippen LogP contribution in [0.5, 0.6) is 11.8 Å². The number of aromatic nitrogens is 2. The van der Waals surface area contributed by atoms with Crippen LogP contribution in [0, 0.1) is 0 Å². The number of piperidine rings is 1. The molecule has 0 spiro atoms. The molecule has 2 bridgehead atoms.